The number of fused-ring (bicyclic) bond motifs is 1. The Morgan fingerprint density at radius 1 is 0.929 bits per heavy atom. The van der Waals surface area contributed by atoms with Crippen LogP contribution in [0.3, 0.4) is 0 Å². The molecule has 0 unspecified atom stereocenters. The van der Waals surface area contributed by atoms with Crippen molar-refractivity contribution in [2.75, 3.05) is 13.7 Å². The lowest BCUT2D eigenvalue weighted by Gasteiger charge is -2.30. The van der Waals surface area contributed by atoms with Crippen LogP contribution in [0, 0.1) is 0 Å². The maximum absolute atomic E-state index is 12.4. The number of ether oxygens (including phenoxy) is 4. The van der Waals surface area contributed by atoms with E-state index in [1.165, 1.54) is 7.11 Å². The van der Waals surface area contributed by atoms with Crippen LogP contribution < -0.4 is 0 Å². The Kier molecular flexibility index (Phi) is 4.98. The summed E-state index contributed by atoms with van der Waals surface area (Å²) in [6, 6.07) is 17.5. The summed E-state index contributed by atoms with van der Waals surface area (Å²) in [5.74, 6) is -0.890. The third-order valence-electron chi connectivity index (χ3n) is 4.97. The van der Waals surface area contributed by atoms with E-state index in [0.29, 0.717) is 11.1 Å². The minimum absolute atomic E-state index is 0.00757. The van der Waals surface area contributed by atoms with Gasteiger partial charge >= 0.3 is 11.9 Å². The van der Waals surface area contributed by atoms with Gasteiger partial charge in [0, 0.05) is 7.11 Å². The predicted molar refractivity (Wildman–Crippen MR) is 99.9 cm³/mol. The van der Waals surface area contributed by atoms with Crippen LogP contribution in [0.1, 0.15) is 20.7 Å². The fourth-order valence-corrected chi connectivity index (χ4v) is 3.46. The van der Waals surface area contributed by atoms with E-state index < -0.39 is 29.7 Å². The summed E-state index contributed by atoms with van der Waals surface area (Å²) < 4.78 is 22.5. The fraction of sp³-hybridized carbons (Fsp3) is 0.273. The topological polar surface area (TPSA) is 74.4 Å². The van der Waals surface area contributed by atoms with Gasteiger partial charge in [0.2, 0.25) is 0 Å². The summed E-state index contributed by atoms with van der Waals surface area (Å²) in [5.41, 5.74) is 0.0629. The molecule has 1 fully saturated rings. The van der Waals surface area contributed by atoms with E-state index in [0.717, 1.165) is 0 Å². The molecule has 1 saturated heterocycles. The summed E-state index contributed by atoms with van der Waals surface area (Å²) in [6.07, 6.45) is 2.09. The molecule has 2 aliphatic rings. The summed E-state index contributed by atoms with van der Waals surface area (Å²) in [7, 11) is 1.52. The largest absolute Gasteiger partial charge is 0.459 e. The predicted octanol–water partition coefficient (Wildman–Crippen LogP) is 2.79. The zero-order valence-corrected chi connectivity index (χ0v) is 15.3. The van der Waals surface area contributed by atoms with Gasteiger partial charge in [-0.05, 0) is 30.3 Å². The van der Waals surface area contributed by atoms with Gasteiger partial charge in [0.05, 0.1) is 11.1 Å². The summed E-state index contributed by atoms with van der Waals surface area (Å²) in [6.45, 7) is 0.00757. The highest BCUT2D eigenvalue weighted by Gasteiger charge is 2.66. The molecule has 0 radical (unpaired) electrons. The molecule has 1 heterocycles. The summed E-state index contributed by atoms with van der Waals surface area (Å²) in [5, 5.41) is 0. The molecule has 0 N–H and O–H groups in total. The van der Waals surface area contributed by atoms with Crippen molar-refractivity contribution in [3.8, 4) is 0 Å². The molecular weight excluding hydrogens is 360 g/mol. The Balaban J connectivity index is 1.44. The highest BCUT2D eigenvalue weighted by Crippen LogP contribution is 2.47. The SMILES string of the molecule is CO[C@H]1[C@H](OC(=O)c2ccccc2)C=C[C@H]2O[C@]21COC(=O)c1ccccc1. The smallest absolute Gasteiger partial charge is 0.338 e. The molecule has 1 aliphatic carbocycles. The molecule has 1 aliphatic heterocycles. The zero-order chi connectivity index (χ0) is 19.6. The molecule has 2 aromatic carbocycles. The standard InChI is InChI=1S/C22H20O6/c1-25-19-17(27-21(24)16-10-6-3-7-11-16)12-13-18-22(19,28-18)14-26-20(23)15-8-4-2-5-9-15/h2-13,17-19H,14H2,1H3/t17-,18-,19+,22-/m1/s1. The van der Waals surface area contributed by atoms with E-state index in [9.17, 15) is 9.59 Å². The molecule has 0 saturated carbocycles. The number of carbonyl (C=O) groups is 2. The van der Waals surface area contributed by atoms with Crippen LogP contribution in [0.15, 0.2) is 72.8 Å². The van der Waals surface area contributed by atoms with Crippen LogP contribution in [-0.2, 0) is 18.9 Å². The summed E-state index contributed by atoms with van der Waals surface area (Å²) in [4.78, 5) is 24.7. The van der Waals surface area contributed by atoms with Crippen molar-refractivity contribution in [3.05, 3.63) is 83.9 Å². The maximum Gasteiger partial charge on any atom is 0.338 e. The van der Waals surface area contributed by atoms with E-state index in [2.05, 4.69) is 0 Å². The Morgan fingerprint density at radius 2 is 1.54 bits per heavy atom. The van der Waals surface area contributed by atoms with Gasteiger partial charge < -0.3 is 18.9 Å². The Hall–Kier alpha value is -2.96. The van der Waals surface area contributed by atoms with E-state index >= 15 is 0 Å². The number of epoxide rings is 1. The van der Waals surface area contributed by atoms with Gasteiger partial charge in [0.15, 0.2) is 5.60 Å². The van der Waals surface area contributed by atoms with E-state index in [-0.39, 0.29) is 12.7 Å². The molecule has 4 atom stereocenters. The number of hydrogen-bond acceptors (Lipinski definition) is 6. The van der Waals surface area contributed by atoms with Gasteiger partial charge in [0.1, 0.15) is 24.9 Å². The van der Waals surface area contributed by atoms with Crippen LogP contribution in [-0.4, -0.2) is 49.6 Å². The van der Waals surface area contributed by atoms with Crippen molar-refractivity contribution in [1.29, 1.82) is 0 Å². The van der Waals surface area contributed by atoms with Crippen LogP contribution in [0.2, 0.25) is 0 Å². The number of esters is 2. The number of methoxy groups -OCH3 is 1. The third kappa shape index (κ3) is 3.44. The van der Waals surface area contributed by atoms with Crippen molar-refractivity contribution in [2.24, 2.45) is 0 Å². The number of carbonyl (C=O) groups excluding carboxylic acids is 2. The summed E-state index contributed by atoms with van der Waals surface area (Å²) >= 11 is 0. The molecule has 0 aromatic heterocycles. The molecule has 6 heteroatoms. The van der Waals surface area contributed by atoms with Crippen molar-refractivity contribution < 1.29 is 28.5 Å². The minimum atomic E-state index is -0.852. The zero-order valence-electron chi connectivity index (χ0n) is 15.3. The first-order chi connectivity index (χ1) is 13.6. The van der Waals surface area contributed by atoms with Crippen molar-refractivity contribution in [3.63, 3.8) is 0 Å². The molecular formula is C22H20O6. The number of hydrogen-bond donors (Lipinski definition) is 0. The third-order valence-corrected chi connectivity index (χ3v) is 4.97. The first kappa shape index (κ1) is 18.4. The number of rotatable bonds is 6. The second-order valence-electron chi connectivity index (χ2n) is 6.71. The Labute approximate surface area is 162 Å². The van der Waals surface area contributed by atoms with E-state index in [1.54, 1.807) is 54.6 Å². The normalized spacial score (nSPS) is 27.5. The lowest BCUT2D eigenvalue weighted by Crippen LogP contribution is -2.49. The molecule has 0 spiro atoms. The average molecular weight is 380 g/mol. The number of benzene rings is 2. The van der Waals surface area contributed by atoms with Gasteiger partial charge in [-0.15, -0.1) is 0 Å². The van der Waals surface area contributed by atoms with Crippen LogP contribution in [0.5, 0.6) is 0 Å². The van der Waals surface area contributed by atoms with Gasteiger partial charge in [-0.25, -0.2) is 9.59 Å². The van der Waals surface area contributed by atoms with Gasteiger partial charge in [-0.2, -0.15) is 0 Å². The van der Waals surface area contributed by atoms with Crippen molar-refractivity contribution in [2.45, 2.75) is 23.9 Å². The lowest BCUT2D eigenvalue weighted by molar-refractivity contribution is -0.0676. The Morgan fingerprint density at radius 3 is 2.14 bits per heavy atom. The first-order valence-corrected chi connectivity index (χ1v) is 9.01. The van der Waals surface area contributed by atoms with Gasteiger partial charge in [-0.1, -0.05) is 42.5 Å². The molecule has 6 nitrogen and oxygen atoms in total. The fourth-order valence-electron chi connectivity index (χ4n) is 3.46. The molecule has 2 aromatic rings. The van der Waals surface area contributed by atoms with E-state index in [1.807, 2.05) is 18.2 Å². The van der Waals surface area contributed by atoms with Crippen molar-refractivity contribution in [1.82, 2.24) is 0 Å². The Bertz CT molecular complexity index is 878. The monoisotopic (exact) mass is 380 g/mol. The highest BCUT2D eigenvalue weighted by atomic mass is 16.7. The van der Waals surface area contributed by atoms with Gasteiger partial charge in [-0.3, -0.25) is 0 Å². The minimum Gasteiger partial charge on any atom is -0.459 e. The first-order valence-electron chi connectivity index (χ1n) is 9.01. The van der Waals surface area contributed by atoms with Crippen LogP contribution >= 0.6 is 0 Å². The van der Waals surface area contributed by atoms with Crippen molar-refractivity contribution >= 4 is 11.9 Å². The quantitative estimate of drug-likeness (QED) is 0.436. The van der Waals surface area contributed by atoms with Gasteiger partial charge in [0.25, 0.3) is 0 Å². The maximum atomic E-state index is 12.4. The molecule has 144 valence electrons. The lowest BCUT2D eigenvalue weighted by atomic mass is 9.89. The molecule has 28 heavy (non-hydrogen) atoms. The molecule has 0 bridgehead atoms. The molecule has 0 amide bonds. The molecule has 4 rings (SSSR count). The van der Waals surface area contributed by atoms with Crippen LogP contribution in [0.4, 0.5) is 0 Å². The second kappa shape index (κ2) is 7.58. The average Bonchev–Trinajstić information content (AvgIpc) is 3.47. The van der Waals surface area contributed by atoms with E-state index in [4.69, 9.17) is 18.9 Å². The van der Waals surface area contributed by atoms with Crippen LogP contribution in [0.25, 0.3) is 0 Å². The highest BCUT2D eigenvalue weighted by molar-refractivity contribution is 5.90. The second-order valence-corrected chi connectivity index (χ2v) is 6.71.